The Kier molecular flexibility index (Phi) is 6.73. The van der Waals surface area contributed by atoms with Gasteiger partial charge in [-0.2, -0.15) is 0 Å². The number of likely N-dealkylation sites (N-methyl/N-ethyl adjacent to an activating group) is 1. The lowest BCUT2D eigenvalue weighted by molar-refractivity contribution is -0.129. The fourth-order valence-corrected chi connectivity index (χ4v) is 2.08. The highest BCUT2D eigenvalue weighted by Gasteiger charge is 2.26. The molecule has 1 amide bonds. The third-order valence-corrected chi connectivity index (χ3v) is 3.79. The molecule has 1 aromatic rings. The Morgan fingerprint density at radius 3 is 2.50 bits per heavy atom. The van der Waals surface area contributed by atoms with Crippen molar-refractivity contribution in [2.75, 3.05) is 13.6 Å². The number of aryl methyl sites for hydroxylation is 1. The van der Waals surface area contributed by atoms with Gasteiger partial charge < -0.3 is 10.6 Å². The summed E-state index contributed by atoms with van der Waals surface area (Å²) in [7, 11) is 1.90. The van der Waals surface area contributed by atoms with E-state index in [1.165, 1.54) is 5.56 Å². The highest BCUT2D eigenvalue weighted by molar-refractivity contribution is 5.81. The van der Waals surface area contributed by atoms with E-state index in [9.17, 15) is 4.79 Å². The number of benzene rings is 1. The largest absolute Gasteiger partial charge is 0.354 e. The Bertz CT molecular complexity index is 401. The van der Waals surface area contributed by atoms with Crippen LogP contribution in [0.5, 0.6) is 0 Å². The molecule has 1 atom stereocenters. The summed E-state index contributed by atoms with van der Waals surface area (Å²) < 4.78 is 0. The van der Waals surface area contributed by atoms with Crippen LogP contribution < -0.4 is 10.6 Å². The molecule has 0 spiro atoms. The molecule has 0 aromatic heterocycles. The van der Waals surface area contributed by atoms with Crippen LogP contribution in [0.2, 0.25) is 0 Å². The minimum Gasteiger partial charge on any atom is -0.354 e. The first-order valence-corrected chi connectivity index (χ1v) is 7.45. The summed E-state index contributed by atoms with van der Waals surface area (Å²) in [5.74, 6) is 0.146. The van der Waals surface area contributed by atoms with E-state index in [0.717, 1.165) is 19.3 Å². The van der Waals surface area contributed by atoms with Crippen molar-refractivity contribution in [2.24, 2.45) is 5.41 Å². The van der Waals surface area contributed by atoms with Crippen LogP contribution in [0, 0.1) is 5.41 Å². The van der Waals surface area contributed by atoms with Gasteiger partial charge >= 0.3 is 0 Å². The van der Waals surface area contributed by atoms with Crippen molar-refractivity contribution in [2.45, 2.75) is 46.1 Å². The molecule has 0 fully saturated rings. The molecule has 0 heterocycles. The lowest BCUT2D eigenvalue weighted by Crippen LogP contribution is -2.43. The van der Waals surface area contributed by atoms with Gasteiger partial charge in [-0.3, -0.25) is 4.79 Å². The fraction of sp³-hybridized carbons (Fsp3) is 0.588. The summed E-state index contributed by atoms with van der Waals surface area (Å²) in [6.07, 6.45) is 2.97. The highest BCUT2D eigenvalue weighted by Crippen LogP contribution is 2.23. The van der Waals surface area contributed by atoms with E-state index in [2.05, 4.69) is 41.8 Å². The molecule has 0 saturated heterocycles. The van der Waals surface area contributed by atoms with E-state index < -0.39 is 0 Å². The van der Waals surface area contributed by atoms with Crippen molar-refractivity contribution in [3.05, 3.63) is 35.9 Å². The first-order valence-electron chi connectivity index (χ1n) is 7.45. The summed E-state index contributed by atoms with van der Waals surface area (Å²) in [6.45, 7) is 6.79. The van der Waals surface area contributed by atoms with Crippen molar-refractivity contribution in [1.29, 1.82) is 0 Å². The molecule has 112 valence electrons. The quantitative estimate of drug-likeness (QED) is 0.766. The predicted molar refractivity (Wildman–Crippen MR) is 84.7 cm³/mol. The second-order valence-electron chi connectivity index (χ2n) is 6.12. The lowest BCUT2D eigenvalue weighted by Gasteiger charge is -2.24. The summed E-state index contributed by atoms with van der Waals surface area (Å²) in [5.41, 5.74) is 1.04. The zero-order valence-corrected chi connectivity index (χ0v) is 13.2. The van der Waals surface area contributed by atoms with E-state index in [0.29, 0.717) is 12.6 Å². The van der Waals surface area contributed by atoms with E-state index in [4.69, 9.17) is 0 Å². The summed E-state index contributed by atoms with van der Waals surface area (Å²) >= 11 is 0. The third kappa shape index (κ3) is 5.74. The van der Waals surface area contributed by atoms with E-state index in [1.807, 2.05) is 27.0 Å². The first-order chi connectivity index (χ1) is 9.45. The molecule has 0 aliphatic carbocycles. The second kappa shape index (κ2) is 8.05. The normalized spacial score (nSPS) is 13.0. The van der Waals surface area contributed by atoms with Crippen LogP contribution in [0.3, 0.4) is 0 Å². The van der Waals surface area contributed by atoms with Gasteiger partial charge in [-0.05, 0) is 38.8 Å². The van der Waals surface area contributed by atoms with Crippen LogP contribution in [-0.4, -0.2) is 25.5 Å². The lowest BCUT2D eigenvalue weighted by atomic mass is 9.85. The van der Waals surface area contributed by atoms with Crippen LogP contribution in [0.25, 0.3) is 0 Å². The van der Waals surface area contributed by atoms with Crippen molar-refractivity contribution in [3.63, 3.8) is 0 Å². The van der Waals surface area contributed by atoms with Gasteiger partial charge in [0.25, 0.3) is 0 Å². The molecule has 1 rings (SSSR count). The summed E-state index contributed by atoms with van der Waals surface area (Å²) in [4.78, 5) is 12.2. The smallest absolute Gasteiger partial charge is 0.225 e. The highest BCUT2D eigenvalue weighted by atomic mass is 16.2. The first kappa shape index (κ1) is 16.7. The van der Waals surface area contributed by atoms with Gasteiger partial charge in [0.1, 0.15) is 0 Å². The summed E-state index contributed by atoms with van der Waals surface area (Å²) in [6, 6.07) is 10.7. The Balaban J connectivity index is 2.34. The molecule has 0 radical (unpaired) electrons. The molecular formula is C17H28N2O. The topological polar surface area (TPSA) is 41.1 Å². The molecule has 3 heteroatoms. The number of rotatable bonds is 8. The van der Waals surface area contributed by atoms with Crippen molar-refractivity contribution < 1.29 is 4.79 Å². The van der Waals surface area contributed by atoms with Crippen LogP contribution in [-0.2, 0) is 11.2 Å². The molecule has 0 aliphatic heterocycles. The van der Waals surface area contributed by atoms with E-state index >= 15 is 0 Å². The SMILES string of the molecule is CNC(C)CNC(=O)C(C)(C)CCCc1ccccc1. The number of hydrogen-bond donors (Lipinski definition) is 2. The van der Waals surface area contributed by atoms with Crippen molar-refractivity contribution in [3.8, 4) is 0 Å². The average Bonchev–Trinajstić information content (AvgIpc) is 2.45. The molecule has 1 unspecified atom stereocenters. The standard InChI is InChI=1S/C17H28N2O/c1-14(18-4)13-19-16(20)17(2,3)12-8-11-15-9-6-5-7-10-15/h5-7,9-10,14,18H,8,11-13H2,1-4H3,(H,19,20). The maximum atomic E-state index is 12.2. The Labute approximate surface area is 123 Å². The number of hydrogen-bond acceptors (Lipinski definition) is 2. The number of carbonyl (C=O) groups excluding carboxylic acids is 1. The molecular weight excluding hydrogens is 248 g/mol. The van der Waals surface area contributed by atoms with Gasteiger partial charge in [0.05, 0.1) is 0 Å². The molecule has 3 nitrogen and oxygen atoms in total. The zero-order chi connectivity index (χ0) is 15.0. The van der Waals surface area contributed by atoms with Crippen molar-refractivity contribution in [1.82, 2.24) is 10.6 Å². The van der Waals surface area contributed by atoms with Gasteiger partial charge in [-0.1, -0.05) is 44.2 Å². The number of amides is 1. The Morgan fingerprint density at radius 2 is 1.90 bits per heavy atom. The Hall–Kier alpha value is -1.35. The predicted octanol–water partition coefficient (Wildman–Crippen LogP) is 2.76. The Morgan fingerprint density at radius 1 is 1.25 bits per heavy atom. The average molecular weight is 276 g/mol. The number of carbonyl (C=O) groups is 1. The maximum Gasteiger partial charge on any atom is 0.225 e. The van der Waals surface area contributed by atoms with Crippen LogP contribution in [0.4, 0.5) is 0 Å². The van der Waals surface area contributed by atoms with E-state index in [-0.39, 0.29) is 11.3 Å². The molecule has 0 bridgehead atoms. The van der Waals surface area contributed by atoms with Crippen LogP contribution >= 0.6 is 0 Å². The fourth-order valence-electron chi connectivity index (χ4n) is 2.08. The zero-order valence-electron chi connectivity index (χ0n) is 13.2. The monoisotopic (exact) mass is 276 g/mol. The molecule has 2 N–H and O–H groups in total. The van der Waals surface area contributed by atoms with Gasteiger partial charge in [0.2, 0.25) is 5.91 Å². The third-order valence-electron chi connectivity index (χ3n) is 3.79. The molecule has 0 aliphatic rings. The van der Waals surface area contributed by atoms with Crippen LogP contribution in [0.15, 0.2) is 30.3 Å². The minimum absolute atomic E-state index is 0.146. The molecule has 0 saturated carbocycles. The van der Waals surface area contributed by atoms with Gasteiger partial charge in [0.15, 0.2) is 0 Å². The summed E-state index contributed by atoms with van der Waals surface area (Å²) in [5, 5.41) is 6.14. The molecule has 20 heavy (non-hydrogen) atoms. The second-order valence-corrected chi connectivity index (χ2v) is 6.12. The maximum absolute atomic E-state index is 12.2. The van der Waals surface area contributed by atoms with Crippen molar-refractivity contribution >= 4 is 5.91 Å². The number of nitrogens with one attached hydrogen (secondary N) is 2. The minimum atomic E-state index is -0.303. The van der Waals surface area contributed by atoms with Crippen LogP contribution in [0.1, 0.15) is 39.2 Å². The van der Waals surface area contributed by atoms with Gasteiger partial charge in [0, 0.05) is 18.0 Å². The van der Waals surface area contributed by atoms with Gasteiger partial charge in [-0.25, -0.2) is 0 Å². The van der Waals surface area contributed by atoms with E-state index in [1.54, 1.807) is 0 Å². The van der Waals surface area contributed by atoms with Gasteiger partial charge in [-0.15, -0.1) is 0 Å². The molecule has 1 aromatic carbocycles.